The van der Waals surface area contributed by atoms with Gasteiger partial charge in [0, 0.05) is 11.8 Å². The highest BCUT2D eigenvalue weighted by Gasteiger charge is 2.28. The molecule has 1 aliphatic rings. The lowest BCUT2D eigenvalue weighted by molar-refractivity contribution is -0.518. The number of rotatable bonds is 5. The molecule has 6 heteroatoms. The third-order valence-corrected chi connectivity index (χ3v) is 3.09. The molecule has 1 fully saturated rings. The maximum absolute atomic E-state index is 11.5. The molecule has 0 spiro atoms. The molecular formula is C11H20N2O4. The number of hydrogen-bond acceptors (Lipinski definition) is 5. The summed E-state index contributed by atoms with van der Waals surface area (Å²) in [6, 6.07) is -0.547. The molecule has 1 heterocycles. The molecule has 17 heavy (non-hydrogen) atoms. The fourth-order valence-corrected chi connectivity index (χ4v) is 2.05. The Morgan fingerprint density at radius 1 is 1.53 bits per heavy atom. The van der Waals surface area contributed by atoms with Crippen molar-refractivity contribution in [3.8, 4) is 0 Å². The van der Waals surface area contributed by atoms with Crippen LogP contribution in [0.3, 0.4) is 0 Å². The summed E-state index contributed by atoms with van der Waals surface area (Å²) in [5.74, 6) is -0.161. The zero-order valence-electron chi connectivity index (χ0n) is 10.4. The fraction of sp³-hybridized carbons (Fsp3) is 0.909. The highest BCUT2D eigenvalue weighted by atomic mass is 16.6. The molecule has 1 saturated heterocycles. The van der Waals surface area contributed by atoms with Crippen molar-refractivity contribution in [3.63, 3.8) is 0 Å². The normalized spacial score (nSPS) is 19.9. The van der Waals surface area contributed by atoms with Gasteiger partial charge in [0.15, 0.2) is 0 Å². The molecule has 0 radical (unpaired) electrons. The molecule has 6 nitrogen and oxygen atoms in total. The molecular weight excluding hydrogens is 224 g/mol. The lowest BCUT2D eigenvalue weighted by Gasteiger charge is -2.30. The van der Waals surface area contributed by atoms with E-state index in [1.54, 1.807) is 13.8 Å². The van der Waals surface area contributed by atoms with Crippen molar-refractivity contribution in [2.75, 3.05) is 26.2 Å². The lowest BCUT2D eigenvalue weighted by Crippen LogP contribution is -2.42. The van der Waals surface area contributed by atoms with Gasteiger partial charge in [0.2, 0.25) is 6.04 Å². The van der Waals surface area contributed by atoms with Crippen molar-refractivity contribution in [2.45, 2.75) is 32.7 Å². The van der Waals surface area contributed by atoms with Crippen LogP contribution in [0, 0.1) is 16.0 Å². The monoisotopic (exact) mass is 244 g/mol. The highest BCUT2D eigenvalue weighted by Crippen LogP contribution is 2.18. The van der Waals surface area contributed by atoms with Gasteiger partial charge in [0.05, 0.1) is 19.1 Å². The van der Waals surface area contributed by atoms with Crippen LogP contribution in [0.25, 0.3) is 0 Å². The summed E-state index contributed by atoms with van der Waals surface area (Å²) in [7, 11) is 0. The number of esters is 1. The van der Waals surface area contributed by atoms with Gasteiger partial charge >= 0.3 is 5.97 Å². The van der Waals surface area contributed by atoms with Crippen LogP contribution >= 0.6 is 0 Å². The van der Waals surface area contributed by atoms with Crippen LogP contribution in [0.4, 0.5) is 0 Å². The molecule has 1 atom stereocenters. The minimum atomic E-state index is -0.547. The van der Waals surface area contributed by atoms with Crippen molar-refractivity contribution in [3.05, 3.63) is 10.1 Å². The Balaban J connectivity index is 2.30. The standard InChI is InChI=1S/C11H20N2O4/c1-3-17-11(14)10-4-6-12(7-5-10)8-9(2)13(15)16/h9-10H,3-8H2,1-2H3. The van der Waals surface area contributed by atoms with Gasteiger partial charge in [-0.15, -0.1) is 0 Å². The van der Waals surface area contributed by atoms with Crippen molar-refractivity contribution in [1.82, 2.24) is 4.90 Å². The minimum Gasteiger partial charge on any atom is -0.466 e. The van der Waals surface area contributed by atoms with E-state index < -0.39 is 6.04 Å². The summed E-state index contributed by atoms with van der Waals surface area (Å²) < 4.78 is 4.97. The average Bonchev–Trinajstić information content (AvgIpc) is 2.30. The van der Waals surface area contributed by atoms with E-state index in [2.05, 4.69) is 0 Å². The molecule has 1 rings (SSSR count). The first-order valence-corrected chi connectivity index (χ1v) is 6.07. The van der Waals surface area contributed by atoms with E-state index in [0.29, 0.717) is 13.2 Å². The summed E-state index contributed by atoms with van der Waals surface area (Å²) in [5, 5.41) is 10.5. The topological polar surface area (TPSA) is 72.7 Å². The van der Waals surface area contributed by atoms with E-state index >= 15 is 0 Å². The van der Waals surface area contributed by atoms with Gasteiger partial charge in [-0.05, 0) is 32.9 Å². The lowest BCUT2D eigenvalue weighted by atomic mass is 9.97. The van der Waals surface area contributed by atoms with Gasteiger partial charge < -0.3 is 4.74 Å². The van der Waals surface area contributed by atoms with Crippen LogP contribution in [0.2, 0.25) is 0 Å². The van der Waals surface area contributed by atoms with Crippen LogP contribution in [-0.2, 0) is 9.53 Å². The molecule has 0 amide bonds. The highest BCUT2D eigenvalue weighted by molar-refractivity contribution is 5.72. The van der Waals surface area contributed by atoms with Gasteiger partial charge in [-0.1, -0.05) is 0 Å². The second-order valence-corrected chi connectivity index (χ2v) is 4.46. The Bertz CT molecular complexity index is 275. The first kappa shape index (κ1) is 13.9. The zero-order chi connectivity index (χ0) is 12.8. The smallest absolute Gasteiger partial charge is 0.309 e. The maximum Gasteiger partial charge on any atom is 0.309 e. The van der Waals surface area contributed by atoms with E-state index in [0.717, 1.165) is 25.9 Å². The number of nitro groups is 1. The maximum atomic E-state index is 11.5. The summed E-state index contributed by atoms with van der Waals surface area (Å²) in [4.78, 5) is 23.8. The van der Waals surface area contributed by atoms with E-state index in [-0.39, 0.29) is 16.8 Å². The first-order chi connectivity index (χ1) is 8.04. The molecule has 1 unspecified atom stereocenters. The van der Waals surface area contributed by atoms with Crippen molar-refractivity contribution in [1.29, 1.82) is 0 Å². The van der Waals surface area contributed by atoms with E-state index in [1.807, 2.05) is 4.90 Å². The van der Waals surface area contributed by atoms with Crippen molar-refractivity contribution < 1.29 is 14.5 Å². The predicted octanol–water partition coefficient (Wildman–Crippen LogP) is 0.927. The minimum absolute atomic E-state index is 0.0305. The summed E-state index contributed by atoms with van der Waals surface area (Å²) in [6.45, 7) is 5.76. The Kier molecular flexibility index (Phi) is 5.34. The molecule has 0 aliphatic carbocycles. The Hall–Kier alpha value is -1.17. The van der Waals surface area contributed by atoms with Crippen molar-refractivity contribution >= 4 is 5.97 Å². The van der Waals surface area contributed by atoms with Gasteiger partial charge in [-0.25, -0.2) is 0 Å². The Morgan fingerprint density at radius 3 is 2.59 bits per heavy atom. The number of nitrogens with zero attached hydrogens (tertiary/aromatic N) is 2. The second kappa shape index (κ2) is 6.54. The van der Waals surface area contributed by atoms with Crippen LogP contribution in [0.5, 0.6) is 0 Å². The second-order valence-electron chi connectivity index (χ2n) is 4.46. The van der Waals surface area contributed by atoms with Gasteiger partial charge in [0.1, 0.15) is 0 Å². The Morgan fingerprint density at radius 2 is 2.12 bits per heavy atom. The number of ether oxygens (including phenoxy) is 1. The first-order valence-electron chi connectivity index (χ1n) is 6.07. The van der Waals surface area contributed by atoms with E-state index in [4.69, 9.17) is 4.74 Å². The molecule has 0 N–H and O–H groups in total. The van der Waals surface area contributed by atoms with Crippen LogP contribution in [-0.4, -0.2) is 48.1 Å². The van der Waals surface area contributed by atoms with Crippen LogP contribution < -0.4 is 0 Å². The molecule has 0 saturated carbocycles. The van der Waals surface area contributed by atoms with Gasteiger partial charge in [0.25, 0.3) is 0 Å². The van der Waals surface area contributed by atoms with Crippen LogP contribution in [0.1, 0.15) is 26.7 Å². The fourth-order valence-electron chi connectivity index (χ4n) is 2.05. The van der Waals surface area contributed by atoms with Gasteiger partial charge in [-0.2, -0.15) is 0 Å². The molecule has 0 bridgehead atoms. The molecule has 1 aliphatic heterocycles. The quantitative estimate of drug-likeness (QED) is 0.408. The summed E-state index contributed by atoms with van der Waals surface area (Å²) in [5.41, 5.74) is 0. The van der Waals surface area contributed by atoms with Crippen molar-refractivity contribution in [2.24, 2.45) is 5.92 Å². The zero-order valence-corrected chi connectivity index (χ0v) is 10.4. The van der Waals surface area contributed by atoms with E-state index in [1.165, 1.54) is 0 Å². The molecule has 98 valence electrons. The van der Waals surface area contributed by atoms with Crippen LogP contribution in [0.15, 0.2) is 0 Å². The third kappa shape index (κ3) is 4.30. The average molecular weight is 244 g/mol. The number of carbonyl (C=O) groups is 1. The largest absolute Gasteiger partial charge is 0.466 e. The van der Waals surface area contributed by atoms with Gasteiger partial charge in [-0.3, -0.25) is 19.8 Å². The number of piperidine rings is 1. The number of hydrogen-bond donors (Lipinski definition) is 0. The molecule has 0 aromatic heterocycles. The van der Waals surface area contributed by atoms with E-state index in [9.17, 15) is 14.9 Å². The Labute approximate surface area is 101 Å². The number of likely N-dealkylation sites (tertiary alicyclic amines) is 1. The number of carbonyl (C=O) groups excluding carboxylic acids is 1. The molecule has 0 aromatic carbocycles. The summed E-state index contributed by atoms with van der Waals surface area (Å²) >= 11 is 0. The summed E-state index contributed by atoms with van der Waals surface area (Å²) in [6.07, 6.45) is 1.48. The third-order valence-electron chi connectivity index (χ3n) is 3.09. The predicted molar refractivity (Wildman–Crippen MR) is 62.3 cm³/mol. The SMILES string of the molecule is CCOC(=O)C1CCN(CC(C)[N+](=O)[O-])CC1. The molecule has 0 aromatic rings.